The number of fused-ring (bicyclic) bond motifs is 2. The van der Waals surface area contributed by atoms with Gasteiger partial charge in [0.15, 0.2) is 6.20 Å². The molecule has 0 spiro atoms. The van der Waals surface area contributed by atoms with Crippen molar-refractivity contribution in [1.29, 1.82) is 0 Å². The van der Waals surface area contributed by atoms with E-state index in [2.05, 4.69) is 55.3 Å². The zero-order valence-corrected chi connectivity index (χ0v) is 16.0. The molecule has 0 N–H and O–H groups in total. The summed E-state index contributed by atoms with van der Waals surface area (Å²) in [4.78, 5) is 3.70. The minimum Gasteiger partial charge on any atom is -0.461 e. The third-order valence-electron chi connectivity index (χ3n) is 5.25. The molecular formula is C23H23N2O+. The molecule has 1 aliphatic rings. The van der Waals surface area contributed by atoms with Crippen molar-refractivity contribution in [3.05, 3.63) is 58.6 Å². The molecule has 130 valence electrons. The molecule has 4 rings (SSSR count). The Morgan fingerprint density at radius 3 is 2.65 bits per heavy atom. The third kappa shape index (κ3) is 2.37. The Bertz CT molecular complexity index is 1100. The molecule has 0 atom stereocenters. The molecule has 0 saturated carbocycles. The van der Waals surface area contributed by atoms with Gasteiger partial charge in [0.1, 0.15) is 12.8 Å². The Hall–Kier alpha value is -2.86. The van der Waals surface area contributed by atoms with Gasteiger partial charge in [0.2, 0.25) is 17.1 Å². The summed E-state index contributed by atoms with van der Waals surface area (Å²) >= 11 is 0. The summed E-state index contributed by atoms with van der Waals surface area (Å²) < 4.78 is 8.40. The molecule has 2 heterocycles. The molecule has 0 radical (unpaired) electrons. The molecule has 1 aromatic heterocycles. The van der Waals surface area contributed by atoms with E-state index in [1.165, 1.54) is 27.6 Å². The van der Waals surface area contributed by atoms with Crippen molar-refractivity contribution in [2.75, 3.05) is 0 Å². The van der Waals surface area contributed by atoms with Crippen LogP contribution in [0, 0.1) is 26.3 Å². The first kappa shape index (κ1) is 16.6. The van der Waals surface area contributed by atoms with Gasteiger partial charge in [0.05, 0.1) is 12.1 Å². The predicted molar refractivity (Wildman–Crippen MR) is 105 cm³/mol. The van der Waals surface area contributed by atoms with Gasteiger partial charge < -0.3 is 4.74 Å². The maximum Gasteiger partial charge on any atom is 0.245 e. The molecule has 1 aliphatic heterocycles. The maximum atomic E-state index is 7.55. The molecule has 26 heavy (non-hydrogen) atoms. The molecule has 0 saturated heterocycles. The van der Waals surface area contributed by atoms with E-state index in [0.29, 0.717) is 17.4 Å². The second-order valence-electron chi connectivity index (χ2n) is 7.69. The highest BCUT2D eigenvalue weighted by Crippen LogP contribution is 2.50. The minimum absolute atomic E-state index is 0.562. The first-order valence-electron chi connectivity index (χ1n) is 9.06. The lowest BCUT2D eigenvalue weighted by atomic mass is 9.88. The van der Waals surface area contributed by atoms with Crippen LogP contribution in [0.5, 0.6) is 11.5 Å². The van der Waals surface area contributed by atoms with E-state index in [-0.39, 0.29) is 0 Å². The van der Waals surface area contributed by atoms with Gasteiger partial charge in [-0.2, -0.15) is 0 Å². The zero-order chi connectivity index (χ0) is 18.6. The SMILES string of the molecule is [C-]#[N+]c1cc[n+](C)c2c1Oc1cc(CC(C)C)cc3cc(C)c(C)c-2c13. The van der Waals surface area contributed by atoms with Gasteiger partial charge in [0.25, 0.3) is 0 Å². The van der Waals surface area contributed by atoms with Gasteiger partial charge >= 0.3 is 0 Å². The summed E-state index contributed by atoms with van der Waals surface area (Å²) in [7, 11) is 2.02. The molecule has 0 fully saturated rings. The molecule has 0 unspecified atom stereocenters. The fourth-order valence-electron chi connectivity index (χ4n) is 3.97. The summed E-state index contributed by atoms with van der Waals surface area (Å²) in [5, 5.41) is 2.38. The van der Waals surface area contributed by atoms with Crippen molar-refractivity contribution >= 4 is 16.5 Å². The standard InChI is InChI=1S/C23H23N2O/c1-13(2)9-16-11-17-10-14(3)15(4)20-21(17)19(12-16)26-23-18(24-5)7-8-25(6)22(20)23/h7-8,10-13H,9H2,1-4,6H3/q+1. The monoisotopic (exact) mass is 343 g/mol. The van der Waals surface area contributed by atoms with Crippen molar-refractivity contribution in [3.8, 4) is 22.8 Å². The van der Waals surface area contributed by atoms with Crippen LogP contribution in [-0.2, 0) is 13.5 Å². The number of hydrogen-bond donors (Lipinski definition) is 0. The highest BCUT2D eigenvalue weighted by molar-refractivity contribution is 6.05. The summed E-state index contributed by atoms with van der Waals surface area (Å²) in [5.74, 6) is 2.13. The van der Waals surface area contributed by atoms with Crippen LogP contribution in [0.2, 0.25) is 0 Å². The van der Waals surface area contributed by atoms with Crippen LogP contribution >= 0.6 is 0 Å². The fraction of sp³-hybridized carbons (Fsp3) is 0.304. The average Bonchev–Trinajstić information content (AvgIpc) is 2.58. The van der Waals surface area contributed by atoms with Crippen LogP contribution in [0.1, 0.15) is 30.5 Å². The summed E-state index contributed by atoms with van der Waals surface area (Å²) in [5.41, 5.74) is 6.55. The smallest absolute Gasteiger partial charge is 0.245 e. The van der Waals surface area contributed by atoms with E-state index < -0.39 is 0 Å². The van der Waals surface area contributed by atoms with Crippen molar-refractivity contribution in [2.45, 2.75) is 34.1 Å². The number of nitrogens with zero attached hydrogens (tertiary/aromatic N) is 2. The van der Waals surface area contributed by atoms with Crippen molar-refractivity contribution in [1.82, 2.24) is 0 Å². The van der Waals surface area contributed by atoms with Crippen LogP contribution in [-0.4, -0.2) is 0 Å². The molecule has 3 heteroatoms. The summed E-state index contributed by atoms with van der Waals surface area (Å²) in [6.07, 6.45) is 2.96. The Balaban J connectivity index is 2.14. The van der Waals surface area contributed by atoms with E-state index in [4.69, 9.17) is 11.3 Å². The Kier molecular flexibility index (Phi) is 3.73. The minimum atomic E-state index is 0.562. The Morgan fingerprint density at radius 2 is 1.96 bits per heavy atom. The second kappa shape index (κ2) is 5.85. The number of pyridine rings is 1. The Labute approximate surface area is 154 Å². The second-order valence-corrected chi connectivity index (χ2v) is 7.69. The zero-order valence-electron chi connectivity index (χ0n) is 16.0. The van der Waals surface area contributed by atoms with E-state index in [1.807, 2.05) is 19.3 Å². The summed E-state index contributed by atoms with van der Waals surface area (Å²) in [6, 6.07) is 8.54. The predicted octanol–water partition coefficient (Wildman–Crippen LogP) is 5.80. The number of ether oxygens (including phenoxy) is 1. The molecule has 0 bridgehead atoms. The number of aryl methyl sites for hydroxylation is 2. The lowest BCUT2D eigenvalue weighted by molar-refractivity contribution is -0.660. The topological polar surface area (TPSA) is 17.5 Å². The highest BCUT2D eigenvalue weighted by Gasteiger charge is 2.32. The van der Waals surface area contributed by atoms with Gasteiger partial charge in [-0.1, -0.05) is 26.0 Å². The molecule has 3 nitrogen and oxygen atoms in total. The molecule has 3 aromatic rings. The molecule has 0 aliphatic carbocycles. The lowest BCUT2D eigenvalue weighted by Crippen LogP contribution is -2.32. The number of hydrogen-bond acceptors (Lipinski definition) is 1. The maximum absolute atomic E-state index is 7.55. The molecular weight excluding hydrogens is 320 g/mol. The van der Waals surface area contributed by atoms with Crippen molar-refractivity contribution < 1.29 is 9.30 Å². The quantitative estimate of drug-likeness (QED) is 0.332. The van der Waals surface area contributed by atoms with Crippen molar-refractivity contribution in [3.63, 3.8) is 0 Å². The van der Waals surface area contributed by atoms with Crippen LogP contribution < -0.4 is 9.30 Å². The van der Waals surface area contributed by atoms with Crippen molar-refractivity contribution in [2.24, 2.45) is 13.0 Å². The van der Waals surface area contributed by atoms with Gasteiger partial charge in [-0.15, -0.1) is 0 Å². The van der Waals surface area contributed by atoms with E-state index in [9.17, 15) is 0 Å². The van der Waals surface area contributed by atoms with E-state index in [1.54, 1.807) is 0 Å². The highest BCUT2D eigenvalue weighted by atomic mass is 16.5. The van der Waals surface area contributed by atoms with Crippen LogP contribution in [0.3, 0.4) is 0 Å². The van der Waals surface area contributed by atoms with Crippen LogP contribution in [0.15, 0.2) is 30.5 Å². The molecule has 2 aromatic carbocycles. The first-order chi connectivity index (χ1) is 12.4. The lowest BCUT2D eigenvalue weighted by Gasteiger charge is -2.23. The number of rotatable bonds is 2. The van der Waals surface area contributed by atoms with Gasteiger partial charge in [-0.25, -0.2) is 9.41 Å². The van der Waals surface area contributed by atoms with Gasteiger partial charge in [-0.3, -0.25) is 0 Å². The van der Waals surface area contributed by atoms with Crippen LogP contribution in [0.4, 0.5) is 5.69 Å². The summed E-state index contributed by atoms with van der Waals surface area (Å²) in [6.45, 7) is 16.3. The van der Waals surface area contributed by atoms with E-state index in [0.717, 1.165) is 23.3 Å². The fourth-order valence-corrected chi connectivity index (χ4v) is 3.97. The first-order valence-corrected chi connectivity index (χ1v) is 9.06. The van der Waals surface area contributed by atoms with Gasteiger partial charge in [0, 0.05) is 11.5 Å². The number of aromatic nitrogens is 1. The third-order valence-corrected chi connectivity index (χ3v) is 5.25. The normalized spacial score (nSPS) is 12.0. The Morgan fingerprint density at radius 1 is 1.19 bits per heavy atom. The average molecular weight is 343 g/mol. The van der Waals surface area contributed by atoms with Gasteiger partial charge in [-0.05, 0) is 54.3 Å². The largest absolute Gasteiger partial charge is 0.461 e. The molecule has 0 amide bonds. The number of benzene rings is 2. The van der Waals surface area contributed by atoms with Crippen LogP contribution in [0.25, 0.3) is 26.9 Å². The van der Waals surface area contributed by atoms with E-state index >= 15 is 0 Å².